The van der Waals surface area contributed by atoms with E-state index in [-0.39, 0.29) is 45.5 Å². The van der Waals surface area contributed by atoms with Crippen LogP contribution in [0.15, 0.2) is 36.4 Å². The number of nitriles is 1. The second-order valence-corrected chi connectivity index (χ2v) is 12.8. The van der Waals surface area contributed by atoms with Gasteiger partial charge in [0.2, 0.25) is 5.91 Å². The van der Waals surface area contributed by atoms with E-state index in [2.05, 4.69) is 30.6 Å². The van der Waals surface area contributed by atoms with Crippen LogP contribution in [-0.4, -0.2) is 60.7 Å². The van der Waals surface area contributed by atoms with Crippen molar-refractivity contribution in [3.8, 4) is 6.07 Å². The molecule has 4 N–H and O–H groups in total. The third kappa shape index (κ3) is 6.45. The number of hydrogen-bond acceptors (Lipinski definition) is 6. The van der Waals surface area contributed by atoms with E-state index in [9.17, 15) is 15.2 Å². The highest BCUT2D eigenvalue weighted by molar-refractivity contribution is 6.31. The largest absolute Gasteiger partial charge is 0.394 e. The minimum atomic E-state index is -1.74. The number of carbonyl (C=O) groups is 1. The maximum atomic E-state index is 15.9. The number of ether oxygens (including phenoxy) is 1. The lowest BCUT2D eigenvalue weighted by Crippen LogP contribution is -2.47. The zero-order valence-electron chi connectivity index (χ0n) is 23.7. The molecule has 0 bridgehead atoms. The van der Waals surface area contributed by atoms with Crippen molar-refractivity contribution in [1.82, 2.24) is 10.6 Å². The van der Waals surface area contributed by atoms with Crippen molar-refractivity contribution in [3.05, 3.63) is 69.2 Å². The molecular formula is C31H37Cl2F2N3O4. The number of carbonyl (C=O) groups excluding carboxylic acids is 1. The lowest BCUT2D eigenvalue weighted by molar-refractivity contribution is -0.123. The van der Waals surface area contributed by atoms with Crippen molar-refractivity contribution < 1.29 is 28.5 Å². The van der Waals surface area contributed by atoms with Crippen LogP contribution >= 0.6 is 23.2 Å². The average molecular weight is 625 g/mol. The van der Waals surface area contributed by atoms with Crippen molar-refractivity contribution in [1.29, 1.82) is 5.26 Å². The average Bonchev–Trinajstić information content (AvgIpc) is 3.28. The predicted octanol–water partition coefficient (Wildman–Crippen LogP) is 4.86. The quantitative estimate of drug-likeness (QED) is 0.300. The second kappa shape index (κ2) is 13.5. The van der Waals surface area contributed by atoms with Crippen LogP contribution in [0.1, 0.15) is 56.6 Å². The van der Waals surface area contributed by atoms with Gasteiger partial charge in [-0.05, 0) is 60.8 Å². The van der Waals surface area contributed by atoms with E-state index in [0.717, 1.165) is 18.9 Å². The number of nitrogens with one attached hydrogen (secondary N) is 2. The fraction of sp³-hybridized carbons (Fsp3) is 0.548. The van der Waals surface area contributed by atoms with Crippen molar-refractivity contribution in [2.24, 2.45) is 11.3 Å². The molecule has 11 heteroatoms. The zero-order valence-corrected chi connectivity index (χ0v) is 25.2. The summed E-state index contributed by atoms with van der Waals surface area (Å²) in [6.07, 6.45) is 1.06. The van der Waals surface area contributed by atoms with Crippen molar-refractivity contribution in [3.63, 3.8) is 0 Å². The fourth-order valence-electron chi connectivity index (χ4n) is 6.68. The lowest BCUT2D eigenvalue weighted by atomic mass is 9.60. The summed E-state index contributed by atoms with van der Waals surface area (Å²) in [6, 6.07) is 8.83. The van der Waals surface area contributed by atoms with Gasteiger partial charge in [0.15, 0.2) is 0 Å². The molecule has 228 valence electrons. The molecule has 0 unspecified atom stereocenters. The van der Waals surface area contributed by atoms with E-state index in [1.54, 1.807) is 0 Å². The molecule has 1 amide bonds. The molecule has 42 heavy (non-hydrogen) atoms. The normalized spacial score (nSPS) is 25.6. The number of rotatable bonds is 10. The molecule has 0 aliphatic carbocycles. The lowest BCUT2D eigenvalue weighted by Gasteiger charge is -2.42. The van der Waals surface area contributed by atoms with Crippen molar-refractivity contribution in [2.45, 2.75) is 69.1 Å². The van der Waals surface area contributed by atoms with Crippen LogP contribution in [0.4, 0.5) is 8.78 Å². The summed E-state index contributed by atoms with van der Waals surface area (Å²) < 4.78 is 37.3. The molecular weight excluding hydrogens is 587 g/mol. The first-order valence-electron chi connectivity index (χ1n) is 14.2. The molecule has 2 aromatic carbocycles. The molecule has 0 saturated carbocycles. The van der Waals surface area contributed by atoms with Gasteiger partial charge in [0.05, 0.1) is 29.8 Å². The SMILES string of the molecule is CC(C)(C[C@@H]1N[C@@H](C(=O)NCC[C@H](O)CO)[C@H](c2cccc(Cl)c2F)[C@@]1(C#N)c1ccc(Cl)cc1F)C1CCOCC1. The third-order valence-corrected chi connectivity index (χ3v) is 9.49. The highest BCUT2D eigenvalue weighted by atomic mass is 35.5. The number of halogens is 4. The van der Waals surface area contributed by atoms with Crippen molar-refractivity contribution >= 4 is 29.1 Å². The fourth-order valence-corrected chi connectivity index (χ4v) is 7.02. The summed E-state index contributed by atoms with van der Waals surface area (Å²) in [6.45, 7) is 4.96. The first-order chi connectivity index (χ1) is 20.0. The van der Waals surface area contributed by atoms with Gasteiger partial charge in [-0.25, -0.2) is 8.78 Å². The smallest absolute Gasteiger partial charge is 0.237 e. The Morgan fingerprint density at radius 3 is 2.62 bits per heavy atom. The first-order valence-corrected chi connectivity index (χ1v) is 14.9. The zero-order chi connectivity index (χ0) is 30.7. The minimum absolute atomic E-state index is 0.00468. The van der Waals surface area contributed by atoms with Gasteiger partial charge in [-0.2, -0.15) is 5.26 Å². The van der Waals surface area contributed by atoms with Crippen LogP contribution in [0.25, 0.3) is 0 Å². The van der Waals surface area contributed by atoms with Gasteiger partial charge < -0.3 is 25.6 Å². The number of aliphatic hydroxyl groups is 2. The van der Waals surface area contributed by atoms with Gasteiger partial charge in [-0.1, -0.05) is 55.2 Å². The second-order valence-electron chi connectivity index (χ2n) is 11.9. The van der Waals surface area contributed by atoms with Gasteiger partial charge in [0, 0.05) is 42.3 Å². The molecule has 2 fully saturated rings. The van der Waals surface area contributed by atoms with E-state index in [1.165, 1.54) is 30.3 Å². The number of aliphatic hydroxyl groups excluding tert-OH is 2. The Labute approximate surface area is 255 Å². The molecule has 5 atom stereocenters. The summed E-state index contributed by atoms with van der Waals surface area (Å²) in [7, 11) is 0. The molecule has 4 rings (SSSR count). The third-order valence-electron chi connectivity index (χ3n) is 8.96. The molecule has 2 heterocycles. The van der Waals surface area contributed by atoms with Crippen LogP contribution in [0, 0.1) is 34.3 Å². The van der Waals surface area contributed by atoms with E-state index < -0.39 is 53.7 Å². The Morgan fingerprint density at radius 1 is 1.26 bits per heavy atom. The Balaban J connectivity index is 1.88. The predicted molar refractivity (Wildman–Crippen MR) is 156 cm³/mol. The molecule has 2 saturated heterocycles. The molecule has 0 aromatic heterocycles. The number of benzene rings is 2. The number of hydrogen-bond donors (Lipinski definition) is 4. The molecule has 0 spiro atoms. The van der Waals surface area contributed by atoms with Crippen LogP contribution in [0.5, 0.6) is 0 Å². The Morgan fingerprint density at radius 2 is 1.98 bits per heavy atom. The van der Waals surface area contributed by atoms with E-state index in [1.807, 2.05) is 0 Å². The molecule has 2 aliphatic heterocycles. The summed E-state index contributed by atoms with van der Waals surface area (Å²) in [5.74, 6) is -3.02. The molecule has 2 aliphatic rings. The van der Waals surface area contributed by atoms with Crippen LogP contribution in [0.2, 0.25) is 10.0 Å². The maximum absolute atomic E-state index is 15.9. The van der Waals surface area contributed by atoms with Gasteiger partial charge in [-0.15, -0.1) is 0 Å². The van der Waals surface area contributed by atoms with Gasteiger partial charge in [0.25, 0.3) is 0 Å². The number of nitrogens with zero attached hydrogens (tertiary/aromatic N) is 1. The highest BCUT2D eigenvalue weighted by Gasteiger charge is 2.61. The summed E-state index contributed by atoms with van der Waals surface area (Å²) in [4.78, 5) is 13.8. The van der Waals surface area contributed by atoms with Crippen molar-refractivity contribution in [2.75, 3.05) is 26.4 Å². The molecule has 2 aromatic rings. The topological polar surface area (TPSA) is 115 Å². The monoisotopic (exact) mass is 623 g/mol. The van der Waals surface area contributed by atoms with Gasteiger partial charge >= 0.3 is 0 Å². The minimum Gasteiger partial charge on any atom is -0.394 e. The number of amides is 1. The van der Waals surface area contributed by atoms with Crippen LogP contribution < -0.4 is 10.6 Å². The summed E-state index contributed by atoms with van der Waals surface area (Å²) in [5.41, 5.74) is -2.09. The molecule has 7 nitrogen and oxygen atoms in total. The van der Waals surface area contributed by atoms with Gasteiger partial charge in [-0.3, -0.25) is 4.79 Å². The first kappa shape index (κ1) is 32.6. The van der Waals surface area contributed by atoms with E-state index >= 15 is 8.78 Å². The standard InChI is InChI=1S/C31H37Cl2F2N3O4/c1-30(2,18-9-12-42-13-10-18)15-25-31(17-36,22-7-6-19(32)14-24(22)34)26(21-4-3-5-23(33)27(21)35)28(38-25)29(41)37-11-8-20(40)16-39/h3-7,14,18,20,25-26,28,38-40H,8-13,15-16H2,1-2H3,(H,37,41)/t20-,25-,26-,28+,31-/m0/s1. The maximum Gasteiger partial charge on any atom is 0.237 e. The Kier molecular flexibility index (Phi) is 10.5. The van der Waals surface area contributed by atoms with E-state index in [0.29, 0.717) is 19.6 Å². The highest BCUT2D eigenvalue weighted by Crippen LogP contribution is 2.54. The summed E-state index contributed by atoms with van der Waals surface area (Å²) >= 11 is 12.3. The summed E-state index contributed by atoms with van der Waals surface area (Å²) in [5, 5.41) is 36.0. The van der Waals surface area contributed by atoms with Gasteiger partial charge in [0.1, 0.15) is 17.0 Å². The van der Waals surface area contributed by atoms with Crippen LogP contribution in [-0.2, 0) is 14.9 Å². The van der Waals surface area contributed by atoms with Crippen LogP contribution in [0.3, 0.4) is 0 Å². The van der Waals surface area contributed by atoms with E-state index in [4.69, 9.17) is 33.0 Å². The Hall–Kier alpha value is -2.32. The Bertz CT molecular complexity index is 1320. The molecule has 0 radical (unpaired) electrons.